The number of hydrogen-bond donors (Lipinski definition) is 0. The van der Waals surface area contributed by atoms with E-state index in [0.717, 1.165) is 5.88 Å². The molecule has 0 aromatic heterocycles. The Morgan fingerprint density at radius 2 is 2.00 bits per heavy atom. The van der Waals surface area contributed by atoms with Crippen LogP contribution in [0.2, 0.25) is 16.8 Å². The van der Waals surface area contributed by atoms with Crippen LogP contribution in [0.25, 0.3) is 0 Å². The molecular weight excluding hydrogens is 168 g/mol. The summed E-state index contributed by atoms with van der Waals surface area (Å²) < 4.78 is 0. The second-order valence-corrected chi connectivity index (χ2v) is 9.66. The van der Waals surface area contributed by atoms with Gasteiger partial charge in [0.1, 0.15) is 0 Å². The van der Waals surface area contributed by atoms with Gasteiger partial charge in [0.25, 0.3) is 0 Å². The van der Waals surface area contributed by atoms with Crippen LogP contribution in [0.1, 0.15) is 6.42 Å². The molecule has 0 atom stereocenters. The van der Waals surface area contributed by atoms with Crippen LogP contribution >= 0.6 is 11.6 Å². The Kier molecular flexibility index (Phi) is 5.57. The molecule has 0 heterocycles. The third kappa shape index (κ3) is 6.83. The summed E-state index contributed by atoms with van der Waals surface area (Å²) in [6.07, 6.45) is 1.25. The van der Waals surface area contributed by atoms with Crippen LogP contribution in [-0.4, -0.2) is 20.2 Å². The van der Waals surface area contributed by atoms with Crippen molar-refractivity contribution < 1.29 is 0 Å². The van der Waals surface area contributed by atoms with Gasteiger partial charge in [-0.25, -0.2) is 0 Å². The summed E-state index contributed by atoms with van der Waals surface area (Å²) in [4.78, 5) is 0. The van der Waals surface area contributed by atoms with Crippen molar-refractivity contribution >= 4 is 25.9 Å². The maximum absolute atomic E-state index is 5.48. The maximum atomic E-state index is 5.48. The number of halogens is 1. The Bertz CT molecular complexity index is 37.1. The first-order valence-electron chi connectivity index (χ1n) is 2.83. The van der Waals surface area contributed by atoms with Crippen molar-refractivity contribution in [2.45, 2.75) is 23.2 Å². The average Bonchev–Trinajstić information content (AvgIpc) is 1.61. The fourth-order valence-corrected chi connectivity index (χ4v) is 3.32. The fourth-order valence-electron chi connectivity index (χ4n) is 0.485. The van der Waals surface area contributed by atoms with Crippen molar-refractivity contribution in [2.75, 3.05) is 5.88 Å². The van der Waals surface area contributed by atoms with Crippen LogP contribution < -0.4 is 0 Å². The topological polar surface area (TPSA) is 0 Å². The van der Waals surface area contributed by atoms with Gasteiger partial charge in [0, 0.05) is 0 Å². The number of alkyl halides is 1. The summed E-state index contributed by atoms with van der Waals surface area (Å²) in [6.45, 7) is 0. The van der Waals surface area contributed by atoms with E-state index in [4.69, 9.17) is 11.6 Å². The second-order valence-electron chi connectivity index (χ2n) is 2.23. The van der Waals surface area contributed by atoms with E-state index in [1.165, 1.54) is 11.7 Å². The summed E-state index contributed by atoms with van der Waals surface area (Å²) in [6, 6.07) is 0. The van der Waals surface area contributed by atoms with Gasteiger partial charge >= 0.3 is 55.0 Å². The molecule has 0 aliphatic rings. The molecule has 0 radical (unpaired) electrons. The zero-order valence-electron chi connectivity index (χ0n) is 5.08. The monoisotopic (exact) mass is 182 g/mol. The normalized spacial score (nSPS) is 10.3. The van der Waals surface area contributed by atoms with Gasteiger partial charge in [-0.1, -0.05) is 0 Å². The molecule has 0 aliphatic heterocycles. The Hall–Kier alpha value is 0.833. The first-order chi connectivity index (χ1) is 3.27. The molecule has 0 saturated heterocycles. The van der Waals surface area contributed by atoms with Crippen molar-refractivity contribution in [1.29, 1.82) is 0 Å². The van der Waals surface area contributed by atoms with Crippen LogP contribution in [0.3, 0.4) is 0 Å². The van der Waals surface area contributed by atoms with Crippen molar-refractivity contribution in [1.82, 2.24) is 0 Å². The molecule has 0 amide bonds. The molecule has 2 heteroatoms. The fraction of sp³-hybridized carbons (Fsp3) is 1.00. The molecule has 0 nitrogen and oxygen atoms in total. The molecule has 0 aromatic carbocycles. The van der Waals surface area contributed by atoms with E-state index < -0.39 is 14.3 Å². The predicted molar refractivity (Wildman–Crippen MR) is 39.0 cm³/mol. The molecule has 7 heavy (non-hydrogen) atoms. The zero-order chi connectivity index (χ0) is 5.70. The molecule has 0 unspecified atom stereocenters. The van der Waals surface area contributed by atoms with Crippen LogP contribution in [0, 0.1) is 0 Å². The van der Waals surface area contributed by atoms with E-state index in [9.17, 15) is 0 Å². The summed E-state index contributed by atoms with van der Waals surface area (Å²) in [5, 5.41) is 1.45. The van der Waals surface area contributed by atoms with Gasteiger partial charge in [0.15, 0.2) is 0 Å². The van der Waals surface area contributed by atoms with E-state index in [2.05, 4.69) is 11.5 Å². The molecule has 0 fully saturated rings. The van der Waals surface area contributed by atoms with Crippen LogP contribution in [0.4, 0.5) is 0 Å². The van der Waals surface area contributed by atoms with E-state index in [-0.39, 0.29) is 0 Å². The van der Waals surface area contributed by atoms with Crippen molar-refractivity contribution in [2.24, 2.45) is 0 Å². The van der Waals surface area contributed by atoms with Gasteiger partial charge < -0.3 is 0 Å². The second kappa shape index (κ2) is 4.98. The van der Waals surface area contributed by atoms with Crippen molar-refractivity contribution in [3.63, 3.8) is 0 Å². The van der Waals surface area contributed by atoms with Gasteiger partial charge in [-0.05, 0) is 0 Å². The predicted octanol–water partition coefficient (Wildman–Crippen LogP) is 2.10. The third-order valence-corrected chi connectivity index (χ3v) is 4.46. The van der Waals surface area contributed by atoms with Crippen LogP contribution in [0.5, 0.6) is 0 Å². The third-order valence-electron chi connectivity index (χ3n) is 0.915. The van der Waals surface area contributed by atoms with Crippen LogP contribution in [-0.2, 0) is 0 Å². The first-order valence-corrected chi connectivity index (χ1v) is 9.92. The van der Waals surface area contributed by atoms with Crippen LogP contribution in [0.15, 0.2) is 0 Å². The van der Waals surface area contributed by atoms with Crippen molar-refractivity contribution in [3.8, 4) is 0 Å². The molecule has 0 N–H and O–H groups in total. The Morgan fingerprint density at radius 3 is 2.14 bits per heavy atom. The van der Waals surface area contributed by atoms with E-state index in [1.54, 1.807) is 0 Å². The van der Waals surface area contributed by atoms with E-state index in [1.807, 2.05) is 0 Å². The SMILES string of the molecule is [CH3][GeH]([CH3])[CH2]CCCl. The van der Waals surface area contributed by atoms with Gasteiger partial charge in [-0.2, -0.15) is 0 Å². The zero-order valence-corrected chi connectivity index (χ0v) is 8.26. The molecule has 0 bridgehead atoms. The number of rotatable bonds is 3. The van der Waals surface area contributed by atoms with E-state index >= 15 is 0 Å². The van der Waals surface area contributed by atoms with Gasteiger partial charge in [-0.15, -0.1) is 0 Å². The Balaban J connectivity index is 2.68. The summed E-state index contributed by atoms with van der Waals surface area (Å²) >= 11 is 4.82. The summed E-state index contributed by atoms with van der Waals surface area (Å²) in [7, 11) is 0. The molecule has 0 aliphatic carbocycles. The molecule has 0 aromatic rings. The summed E-state index contributed by atoms with van der Waals surface area (Å²) in [5.74, 6) is 5.67. The standard InChI is InChI=1S/C5H13ClGe/c1-7(2)5-3-4-6/h7H,3-5H2,1-2H3. The summed E-state index contributed by atoms with van der Waals surface area (Å²) in [5.41, 5.74) is 0. The van der Waals surface area contributed by atoms with Crippen molar-refractivity contribution in [3.05, 3.63) is 0 Å². The number of hydrogen-bond acceptors (Lipinski definition) is 0. The molecule has 0 rings (SSSR count). The van der Waals surface area contributed by atoms with E-state index in [0.29, 0.717) is 0 Å². The minimum absolute atomic E-state index is 0.654. The molecule has 0 saturated carbocycles. The minimum atomic E-state index is -0.654. The van der Waals surface area contributed by atoms with Gasteiger partial charge in [0.2, 0.25) is 0 Å². The quantitative estimate of drug-likeness (QED) is 0.462. The molecule has 44 valence electrons. The average molecular weight is 181 g/mol. The van der Waals surface area contributed by atoms with Gasteiger partial charge in [-0.3, -0.25) is 0 Å². The Labute approximate surface area is 55.4 Å². The first kappa shape index (κ1) is 7.83. The molecular formula is C5H13ClGe. The van der Waals surface area contributed by atoms with Gasteiger partial charge in [0.05, 0.1) is 0 Å². The Morgan fingerprint density at radius 1 is 1.43 bits per heavy atom. The molecule has 0 spiro atoms.